The van der Waals surface area contributed by atoms with Crippen LogP contribution in [0.15, 0.2) is 40.9 Å². The summed E-state index contributed by atoms with van der Waals surface area (Å²) < 4.78 is 27.1. The lowest BCUT2D eigenvalue weighted by molar-refractivity contribution is 0.598. The Balaban J connectivity index is 2.49. The monoisotopic (exact) mass is 326 g/mol. The van der Waals surface area contributed by atoms with Gasteiger partial charge in [0.1, 0.15) is 11.6 Å². The fourth-order valence-corrected chi connectivity index (χ4v) is 2.61. The Labute approximate surface area is 118 Å². The lowest BCUT2D eigenvalue weighted by Gasteiger charge is -2.19. The largest absolute Gasteiger partial charge is 0.271 e. The number of nitrogens with two attached hydrogens (primary N) is 1. The summed E-state index contributed by atoms with van der Waals surface area (Å²) in [6.07, 6.45) is 0. The molecule has 5 heteroatoms. The molecule has 2 rings (SSSR count). The Morgan fingerprint density at radius 1 is 1.11 bits per heavy atom. The van der Waals surface area contributed by atoms with Crippen molar-refractivity contribution in [3.05, 3.63) is 69.2 Å². The first-order valence-electron chi connectivity index (χ1n) is 5.69. The Morgan fingerprint density at radius 3 is 2.42 bits per heavy atom. The van der Waals surface area contributed by atoms with Crippen molar-refractivity contribution >= 4 is 15.9 Å². The van der Waals surface area contributed by atoms with E-state index in [2.05, 4.69) is 21.4 Å². The zero-order valence-electron chi connectivity index (χ0n) is 10.3. The predicted octanol–water partition coefficient (Wildman–Crippen LogP) is 3.59. The first kappa shape index (κ1) is 14.1. The summed E-state index contributed by atoms with van der Waals surface area (Å²) in [6.45, 7) is 1.81. The van der Waals surface area contributed by atoms with E-state index in [-0.39, 0.29) is 11.6 Å². The molecule has 0 radical (unpaired) electrons. The number of halogens is 3. The molecular formula is C14H13BrF2N2. The summed E-state index contributed by atoms with van der Waals surface area (Å²) in [5, 5.41) is 0. The molecule has 100 valence electrons. The smallest absolute Gasteiger partial charge is 0.124 e. The van der Waals surface area contributed by atoms with E-state index in [0.717, 1.165) is 11.1 Å². The summed E-state index contributed by atoms with van der Waals surface area (Å²) in [7, 11) is 0. The van der Waals surface area contributed by atoms with Crippen molar-refractivity contribution in [3.8, 4) is 0 Å². The second-order valence-corrected chi connectivity index (χ2v) is 5.18. The van der Waals surface area contributed by atoms with Crippen LogP contribution in [0.1, 0.15) is 22.7 Å². The third kappa shape index (κ3) is 3.18. The number of aryl methyl sites for hydroxylation is 1. The van der Waals surface area contributed by atoms with Crippen LogP contribution in [0, 0.1) is 18.6 Å². The SMILES string of the molecule is Cc1cc(F)cc(C(NN)c2ccc(F)cc2Br)c1. The molecule has 0 aliphatic heterocycles. The molecular weight excluding hydrogens is 314 g/mol. The minimum atomic E-state index is -0.413. The van der Waals surface area contributed by atoms with E-state index in [1.165, 1.54) is 24.3 Å². The van der Waals surface area contributed by atoms with E-state index in [0.29, 0.717) is 10.0 Å². The normalized spacial score (nSPS) is 12.5. The molecule has 0 heterocycles. The second-order valence-electron chi connectivity index (χ2n) is 4.33. The van der Waals surface area contributed by atoms with Crippen molar-refractivity contribution in [3.63, 3.8) is 0 Å². The molecule has 2 aromatic rings. The summed E-state index contributed by atoms with van der Waals surface area (Å²) in [4.78, 5) is 0. The minimum Gasteiger partial charge on any atom is -0.271 e. The van der Waals surface area contributed by atoms with E-state index < -0.39 is 6.04 Å². The van der Waals surface area contributed by atoms with E-state index in [1.54, 1.807) is 13.0 Å². The zero-order valence-corrected chi connectivity index (χ0v) is 11.8. The highest BCUT2D eigenvalue weighted by Crippen LogP contribution is 2.29. The molecule has 0 aromatic heterocycles. The van der Waals surface area contributed by atoms with Crippen LogP contribution in [-0.4, -0.2) is 0 Å². The molecule has 0 aliphatic carbocycles. The van der Waals surface area contributed by atoms with Gasteiger partial charge in [-0.05, 0) is 47.9 Å². The quantitative estimate of drug-likeness (QED) is 0.668. The molecule has 1 atom stereocenters. The van der Waals surface area contributed by atoms with Crippen molar-refractivity contribution in [1.29, 1.82) is 0 Å². The highest BCUT2D eigenvalue weighted by Gasteiger charge is 2.16. The van der Waals surface area contributed by atoms with Crippen molar-refractivity contribution in [1.82, 2.24) is 5.43 Å². The van der Waals surface area contributed by atoms with Gasteiger partial charge in [0.25, 0.3) is 0 Å². The zero-order chi connectivity index (χ0) is 14.0. The highest BCUT2D eigenvalue weighted by atomic mass is 79.9. The molecule has 0 spiro atoms. The lowest BCUT2D eigenvalue weighted by atomic mass is 9.97. The Kier molecular flexibility index (Phi) is 4.29. The van der Waals surface area contributed by atoms with Crippen LogP contribution in [0.4, 0.5) is 8.78 Å². The molecule has 2 aromatic carbocycles. The maximum absolute atomic E-state index is 13.5. The first-order chi connectivity index (χ1) is 9.01. The van der Waals surface area contributed by atoms with E-state index in [1.807, 2.05) is 6.07 Å². The third-order valence-corrected chi connectivity index (χ3v) is 3.52. The standard InChI is InChI=1S/C14H13BrF2N2/c1-8-4-9(6-11(17)5-8)14(19-18)12-3-2-10(16)7-13(12)15/h2-7,14,19H,18H2,1H3. The molecule has 0 saturated carbocycles. The molecule has 0 amide bonds. The number of benzene rings is 2. The molecule has 0 saturated heterocycles. The van der Waals surface area contributed by atoms with Gasteiger partial charge < -0.3 is 0 Å². The third-order valence-electron chi connectivity index (χ3n) is 2.84. The van der Waals surface area contributed by atoms with Crippen molar-refractivity contribution in [2.24, 2.45) is 5.84 Å². The number of hydrogen-bond acceptors (Lipinski definition) is 2. The van der Waals surface area contributed by atoms with Gasteiger partial charge in [-0.15, -0.1) is 0 Å². The van der Waals surface area contributed by atoms with E-state index >= 15 is 0 Å². The number of hydrogen-bond donors (Lipinski definition) is 2. The fourth-order valence-electron chi connectivity index (χ4n) is 2.03. The lowest BCUT2D eigenvalue weighted by Crippen LogP contribution is -2.29. The van der Waals surface area contributed by atoms with Crippen molar-refractivity contribution in [2.45, 2.75) is 13.0 Å². The predicted molar refractivity (Wildman–Crippen MR) is 74.4 cm³/mol. The average Bonchev–Trinajstić information content (AvgIpc) is 2.31. The maximum atomic E-state index is 13.5. The Hall–Kier alpha value is -1.30. The summed E-state index contributed by atoms with van der Waals surface area (Å²) in [6, 6.07) is 8.59. The van der Waals surface area contributed by atoms with Gasteiger partial charge >= 0.3 is 0 Å². The van der Waals surface area contributed by atoms with Crippen LogP contribution >= 0.6 is 15.9 Å². The van der Waals surface area contributed by atoms with Gasteiger partial charge in [0.15, 0.2) is 0 Å². The van der Waals surface area contributed by atoms with Crippen LogP contribution < -0.4 is 11.3 Å². The molecule has 1 unspecified atom stereocenters. The summed E-state index contributed by atoms with van der Waals surface area (Å²) >= 11 is 3.29. The van der Waals surface area contributed by atoms with Gasteiger partial charge in [0.05, 0.1) is 6.04 Å². The van der Waals surface area contributed by atoms with E-state index in [4.69, 9.17) is 5.84 Å². The topological polar surface area (TPSA) is 38.0 Å². The van der Waals surface area contributed by atoms with Crippen LogP contribution in [0.25, 0.3) is 0 Å². The van der Waals surface area contributed by atoms with Gasteiger partial charge in [0.2, 0.25) is 0 Å². The van der Waals surface area contributed by atoms with Crippen molar-refractivity contribution in [2.75, 3.05) is 0 Å². The summed E-state index contributed by atoms with van der Waals surface area (Å²) in [5.41, 5.74) is 4.86. The Bertz CT molecular complexity index is 582. The van der Waals surface area contributed by atoms with Crippen LogP contribution in [0.3, 0.4) is 0 Å². The van der Waals surface area contributed by atoms with Crippen LogP contribution in [-0.2, 0) is 0 Å². The van der Waals surface area contributed by atoms with E-state index in [9.17, 15) is 8.78 Å². The average molecular weight is 327 g/mol. The number of rotatable bonds is 3. The van der Waals surface area contributed by atoms with Gasteiger partial charge in [-0.25, -0.2) is 14.2 Å². The molecule has 0 bridgehead atoms. The summed E-state index contributed by atoms with van der Waals surface area (Å²) in [5.74, 6) is 4.89. The van der Waals surface area contributed by atoms with Crippen LogP contribution in [0.2, 0.25) is 0 Å². The molecule has 0 fully saturated rings. The Morgan fingerprint density at radius 2 is 1.84 bits per heavy atom. The van der Waals surface area contributed by atoms with Gasteiger partial charge in [0, 0.05) is 4.47 Å². The second kappa shape index (κ2) is 5.77. The van der Waals surface area contributed by atoms with Gasteiger partial charge in [-0.3, -0.25) is 5.84 Å². The fraction of sp³-hybridized carbons (Fsp3) is 0.143. The molecule has 19 heavy (non-hydrogen) atoms. The minimum absolute atomic E-state index is 0.325. The van der Waals surface area contributed by atoms with Gasteiger partial charge in [-0.1, -0.05) is 28.1 Å². The van der Waals surface area contributed by atoms with Gasteiger partial charge in [-0.2, -0.15) is 0 Å². The van der Waals surface area contributed by atoms with Crippen molar-refractivity contribution < 1.29 is 8.78 Å². The number of nitrogens with one attached hydrogen (secondary N) is 1. The maximum Gasteiger partial charge on any atom is 0.124 e. The highest BCUT2D eigenvalue weighted by molar-refractivity contribution is 9.10. The number of hydrazine groups is 1. The molecule has 0 aliphatic rings. The first-order valence-corrected chi connectivity index (χ1v) is 6.48. The molecule has 2 nitrogen and oxygen atoms in total. The molecule has 3 N–H and O–H groups in total. The van der Waals surface area contributed by atoms with Crippen LogP contribution in [0.5, 0.6) is 0 Å².